The van der Waals surface area contributed by atoms with Crippen molar-refractivity contribution in [3.8, 4) is 5.75 Å². The van der Waals surface area contributed by atoms with Crippen molar-refractivity contribution in [2.45, 2.75) is 36.1 Å². The molecule has 4 N–H and O–H groups in total. The molecule has 0 atom stereocenters. The fourth-order valence-electron chi connectivity index (χ4n) is 3.52. The van der Waals surface area contributed by atoms with Gasteiger partial charge in [0.2, 0.25) is 10.0 Å². The van der Waals surface area contributed by atoms with Gasteiger partial charge in [-0.1, -0.05) is 12.1 Å². The Morgan fingerprint density at radius 3 is 1.95 bits per heavy atom. The zero-order chi connectivity index (χ0) is 28.9. The van der Waals surface area contributed by atoms with Gasteiger partial charge in [0.15, 0.2) is 5.69 Å². The second-order valence-electron chi connectivity index (χ2n) is 9.77. The molecule has 0 aromatic heterocycles. The summed E-state index contributed by atoms with van der Waals surface area (Å²) in [6.45, 7) is 4.80. The molecule has 0 saturated carbocycles. The number of phenols is 1. The highest BCUT2D eigenvalue weighted by Crippen LogP contribution is 2.45. The first-order chi connectivity index (χ1) is 17.1. The Bertz CT molecular complexity index is 1760. The van der Waals surface area contributed by atoms with Gasteiger partial charge in [0.1, 0.15) is 16.3 Å². The second-order valence-corrected chi connectivity index (χ2v) is 14.6. The Morgan fingerprint density at radius 1 is 0.868 bits per heavy atom. The molecule has 0 radical (unpaired) electrons. The molecule has 0 bridgehead atoms. The monoisotopic (exact) mass is 587 g/mol. The Balaban J connectivity index is 2.37. The van der Waals surface area contributed by atoms with Crippen LogP contribution < -0.4 is 8.61 Å². The lowest BCUT2D eigenvalue weighted by Crippen LogP contribution is -2.46. The second kappa shape index (κ2) is 9.64. The van der Waals surface area contributed by atoms with Crippen LogP contribution in [-0.4, -0.2) is 59.1 Å². The van der Waals surface area contributed by atoms with Crippen molar-refractivity contribution in [1.29, 1.82) is 0 Å². The number of hydrogen-bond acceptors (Lipinski definition) is 9. The normalized spacial score (nSPS) is 13.9. The third-order valence-corrected chi connectivity index (χ3v) is 9.34. The molecular formula is C22H27N4O9S3+. The first-order valence-corrected chi connectivity index (χ1v) is 15.1. The van der Waals surface area contributed by atoms with Crippen LogP contribution in [0.25, 0.3) is 10.8 Å². The van der Waals surface area contributed by atoms with E-state index in [0.717, 1.165) is 18.2 Å². The number of aromatic hydroxyl groups is 1. The smallest absolute Gasteiger partial charge is 0.437 e. The number of rotatable bonds is 7. The van der Waals surface area contributed by atoms with E-state index in [1.807, 2.05) is 0 Å². The van der Waals surface area contributed by atoms with E-state index in [2.05, 4.69) is 15.0 Å². The topological polar surface area (TPSA) is 200 Å². The molecule has 3 aromatic rings. The highest BCUT2D eigenvalue weighted by molar-refractivity contribution is 7.89. The molecule has 13 nitrogen and oxygen atoms in total. The number of quaternary nitrogens is 1. The third-order valence-electron chi connectivity index (χ3n) is 5.35. The van der Waals surface area contributed by atoms with Crippen LogP contribution in [0.15, 0.2) is 68.6 Å². The van der Waals surface area contributed by atoms with Gasteiger partial charge in [0, 0.05) is 17.0 Å². The lowest BCUT2D eigenvalue weighted by Gasteiger charge is -2.26. The summed E-state index contributed by atoms with van der Waals surface area (Å²) in [4.78, 5) is -0.937. The van der Waals surface area contributed by atoms with Gasteiger partial charge in [-0.05, 0) is 51.1 Å². The Morgan fingerprint density at radius 2 is 1.45 bits per heavy atom. The minimum atomic E-state index is -4.75. The van der Waals surface area contributed by atoms with Crippen LogP contribution in [-0.2, 0) is 30.4 Å². The zero-order valence-corrected chi connectivity index (χ0v) is 23.4. The summed E-state index contributed by atoms with van der Waals surface area (Å²) in [7, 11) is -11.2. The fraction of sp³-hybridized carbons (Fsp3) is 0.273. The van der Waals surface area contributed by atoms with Crippen LogP contribution in [0.4, 0.5) is 17.1 Å². The van der Waals surface area contributed by atoms with Gasteiger partial charge in [-0.25, -0.2) is 17.7 Å². The Labute approximate surface area is 220 Å². The van der Waals surface area contributed by atoms with Crippen LogP contribution in [0, 0.1) is 0 Å². The van der Waals surface area contributed by atoms with Gasteiger partial charge in [0.25, 0.3) is 10.1 Å². The maximum Gasteiger partial charge on any atom is 0.437 e. The van der Waals surface area contributed by atoms with E-state index in [1.54, 1.807) is 20.8 Å². The van der Waals surface area contributed by atoms with E-state index >= 15 is 0 Å². The molecular weight excluding hydrogens is 560 g/mol. The number of phenolic OH excluding ortho intramolecular Hbond substituents is 1. The van der Waals surface area contributed by atoms with E-state index < -0.39 is 50.5 Å². The van der Waals surface area contributed by atoms with E-state index in [9.17, 15) is 34.9 Å². The lowest BCUT2D eigenvalue weighted by atomic mass is 10.1. The molecule has 0 fully saturated rings. The first-order valence-electron chi connectivity index (χ1n) is 10.8. The summed E-state index contributed by atoms with van der Waals surface area (Å²) in [5.74, 6) is -0.676. The number of benzene rings is 3. The molecule has 3 aromatic carbocycles. The van der Waals surface area contributed by atoms with Crippen molar-refractivity contribution in [2.75, 3.05) is 14.1 Å². The van der Waals surface area contributed by atoms with E-state index in [0.29, 0.717) is 0 Å². The Kier molecular flexibility index (Phi) is 7.50. The van der Waals surface area contributed by atoms with Crippen LogP contribution in [0.1, 0.15) is 20.8 Å². The molecule has 38 heavy (non-hydrogen) atoms. The van der Waals surface area contributed by atoms with E-state index in [1.165, 1.54) is 44.4 Å². The number of sulfonamides is 1. The number of nitrogens with zero attached hydrogens (tertiary/aromatic N) is 3. The van der Waals surface area contributed by atoms with Gasteiger partial charge in [-0.15, -0.1) is 13.5 Å². The number of azo groups is 1. The minimum absolute atomic E-state index is 0.0133. The van der Waals surface area contributed by atoms with Crippen molar-refractivity contribution in [3.05, 3.63) is 48.5 Å². The maximum atomic E-state index is 13.1. The van der Waals surface area contributed by atoms with Crippen molar-refractivity contribution < 1.29 is 39.5 Å². The average Bonchev–Trinajstić information content (AvgIpc) is 2.75. The molecule has 0 amide bonds. The molecule has 0 heterocycles. The molecule has 0 aliphatic rings. The molecule has 0 spiro atoms. The lowest BCUT2D eigenvalue weighted by molar-refractivity contribution is 0.413. The quantitative estimate of drug-likeness (QED) is 0.181. The zero-order valence-electron chi connectivity index (χ0n) is 21.0. The van der Waals surface area contributed by atoms with Crippen LogP contribution in [0.2, 0.25) is 0 Å². The number of hydrogen-bond donors (Lipinski definition) is 4. The average molecular weight is 588 g/mol. The minimum Gasteiger partial charge on any atom is -0.506 e. The number of fused-ring (bicyclic) bond motifs is 1. The fourth-order valence-corrected chi connectivity index (χ4v) is 5.94. The van der Waals surface area contributed by atoms with E-state index in [-0.39, 0.29) is 32.7 Å². The first kappa shape index (κ1) is 29.6. The van der Waals surface area contributed by atoms with Crippen molar-refractivity contribution in [2.24, 2.45) is 10.2 Å². The van der Waals surface area contributed by atoms with Crippen LogP contribution in [0.5, 0.6) is 5.75 Å². The van der Waals surface area contributed by atoms with Gasteiger partial charge in [-0.3, -0.25) is 4.55 Å². The summed E-state index contributed by atoms with van der Waals surface area (Å²) in [6.07, 6.45) is 0. The predicted molar refractivity (Wildman–Crippen MR) is 141 cm³/mol. The Hall–Kier alpha value is -2.99. The predicted octanol–water partition coefficient (Wildman–Crippen LogP) is 3.65. The summed E-state index contributed by atoms with van der Waals surface area (Å²) >= 11 is 0. The highest BCUT2D eigenvalue weighted by Gasteiger charge is 2.37. The molecule has 0 aliphatic heterocycles. The van der Waals surface area contributed by atoms with E-state index in [4.69, 9.17) is 4.55 Å². The van der Waals surface area contributed by atoms with Gasteiger partial charge >= 0.3 is 10.3 Å². The molecule has 206 valence electrons. The molecule has 0 aliphatic carbocycles. The van der Waals surface area contributed by atoms with Crippen molar-refractivity contribution in [3.63, 3.8) is 0 Å². The standard InChI is InChI=1S/C22H26N4O9S3/c1-22(2,3)25-36(28,29)19-13-17(24-23-14-9-11-15(12-10-14)37(30,31)32)20-16(21(19)27)7-6-8-18(20)26(4,5)38(33,34)35/h6-13,25H,1-5H3,(H2-,23,27,30,31,32,33,34,35)/p+1. The van der Waals surface area contributed by atoms with Crippen molar-refractivity contribution >= 4 is 58.3 Å². The SMILES string of the molecule is CC(C)(C)NS(=O)(=O)c1cc(N=Nc2ccc(S(=O)(=O)O)cc2)c2c([N+](C)(C)S(=O)(=O)O)cccc2c1O. The van der Waals surface area contributed by atoms with Crippen LogP contribution in [0.3, 0.4) is 0 Å². The number of nitrogens with one attached hydrogen (secondary N) is 1. The summed E-state index contributed by atoms with van der Waals surface area (Å²) in [5.41, 5.74) is -1.03. The van der Waals surface area contributed by atoms with Gasteiger partial charge in [-0.2, -0.15) is 17.4 Å². The summed E-state index contributed by atoms with van der Waals surface area (Å²) < 4.78 is 93.6. The molecule has 3 rings (SSSR count). The molecule has 0 unspecified atom stereocenters. The largest absolute Gasteiger partial charge is 0.506 e. The maximum absolute atomic E-state index is 13.1. The van der Waals surface area contributed by atoms with Gasteiger partial charge < -0.3 is 5.11 Å². The van der Waals surface area contributed by atoms with Crippen molar-refractivity contribution in [1.82, 2.24) is 8.61 Å². The molecule has 0 saturated heterocycles. The highest BCUT2D eigenvalue weighted by atomic mass is 32.2. The van der Waals surface area contributed by atoms with Crippen LogP contribution >= 0.6 is 0 Å². The molecule has 16 heteroatoms. The summed E-state index contributed by atoms with van der Waals surface area (Å²) in [5, 5.41) is 19.0. The third kappa shape index (κ3) is 6.01. The summed E-state index contributed by atoms with van der Waals surface area (Å²) in [6, 6.07) is 9.71. The van der Waals surface area contributed by atoms with Gasteiger partial charge in [0.05, 0.1) is 30.1 Å².